The highest BCUT2D eigenvalue weighted by Crippen LogP contribution is 1.47. The molecule has 0 atom stereocenters. The van der Waals surface area contributed by atoms with Crippen molar-refractivity contribution < 1.29 is 49.5 Å². The van der Waals surface area contributed by atoms with Crippen molar-refractivity contribution in [3.05, 3.63) is 0 Å². The van der Waals surface area contributed by atoms with Crippen molar-refractivity contribution in [3.8, 4) is 0 Å². The summed E-state index contributed by atoms with van der Waals surface area (Å²) in [6.07, 6.45) is 0. The van der Waals surface area contributed by atoms with Crippen LogP contribution in [0.1, 0.15) is 48.5 Å². The van der Waals surface area contributed by atoms with Gasteiger partial charge in [-0.25, -0.2) is 0 Å². The zero-order chi connectivity index (χ0) is 22.0. The molecule has 152 valence electrons. The van der Waals surface area contributed by atoms with Gasteiger partial charge in [-0.2, -0.15) is 0 Å². The summed E-state index contributed by atoms with van der Waals surface area (Å²) in [7, 11) is 0. The van der Waals surface area contributed by atoms with Gasteiger partial charge in [0.2, 0.25) is 0 Å². The fourth-order valence-electron chi connectivity index (χ4n) is 0.250. The number of nitrogens with one attached hydrogen (secondary N) is 1. The number of carboxylic acid groups (broad SMARTS) is 5. The minimum absolute atomic E-state index is 0.833. The molecular formula is C14H31NO10. The molecular weight excluding hydrogens is 342 g/mol. The van der Waals surface area contributed by atoms with Crippen LogP contribution in [0.2, 0.25) is 0 Å². The van der Waals surface area contributed by atoms with E-state index in [9.17, 15) is 0 Å². The fraction of sp³-hybridized carbons (Fsp3) is 0.643. The van der Waals surface area contributed by atoms with E-state index in [0.29, 0.717) is 0 Å². The van der Waals surface area contributed by atoms with Gasteiger partial charge in [-0.3, -0.25) is 24.0 Å². The van der Waals surface area contributed by atoms with Crippen LogP contribution in [0.5, 0.6) is 0 Å². The molecule has 0 aromatic heterocycles. The van der Waals surface area contributed by atoms with E-state index in [4.69, 9.17) is 49.5 Å². The number of hydrogen-bond acceptors (Lipinski definition) is 6. The number of hydrogen-bond donors (Lipinski definition) is 6. The van der Waals surface area contributed by atoms with Gasteiger partial charge in [-0.1, -0.05) is 13.8 Å². The highest BCUT2D eigenvalue weighted by molar-refractivity contribution is 5.63. The molecule has 25 heavy (non-hydrogen) atoms. The first-order valence-corrected chi connectivity index (χ1v) is 6.76. The van der Waals surface area contributed by atoms with Crippen LogP contribution in [0, 0.1) is 0 Å². The van der Waals surface area contributed by atoms with E-state index < -0.39 is 29.8 Å². The Bertz CT molecular complexity index is 251. The minimum Gasteiger partial charge on any atom is -0.481 e. The highest BCUT2D eigenvalue weighted by Gasteiger charge is 1.67. The van der Waals surface area contributed by atoms with Crippen molar-refractivity contribution in [1.29, 1.82) is 0 Å². The number of carbonyl (C=O) groups is 5. The van der Waals surface area contributed by atoms with Gasteiger partial charge in [0.1, 0.15) is 0 Å². The maximum Gasteiger partial charge on any atom is 0.300 e. The van der Waals surface area contributed by atoms with Crippen molar-refractivity contribution >= 4 is 29.8 Å². The molecule has 0 amide bonds. The molecule has 0 unspecified atom stereocenters. The fourth-order valence-corrected chi connectivity index (χ4v) is 0.250. The molecule has 0 aliphatic rings. The van der Waals surface area contributed by atoms with Gasteiger partial charge in [0.05, 0.1) is 0 Å². The van der Waals surface area contributed by atoms with Crippen LogP contribution >= 0.6 is 0 Å². The first-order valence-electron chi connectivity index (χ1n) is 6.76. The predicted molar refractivity (Wildman–Crippen MR) is 90.8 cm³/mol. The summed E-state index contributed by atoms with van der Waals surface area (Å²) >= 11 is 0. The Morgan fingerprint density at radius 3 is 0.600 bits per heavy atom. The standard InChI is InChI=1S/C4H11N.5C2H4O2/c1-3-5-4-2;5*1-2(3)4/h5H,3-4H2,1-2H3;5*1H3,(H,3,4). The Morgan fingerprint density at radius 2 is 0.600 bits per heavy atom. The first-order chi connectivity index (χ1) is 11.1. The van der Waals surface area contributed by atoms with Crippen molar-refractivity contribution in [2.24, 2.45) is 0 Å². The highest BCUT2D eigenvalue weighted by atomic mass is 16.4. The van der Waals surface area contributed by atoms with E-state index >= 15 is 0 Å². The van der Waals surface area contributed by atoms with Crippen LogP contribution in [0.3, 0.4) is 0 Å². The lowest BCUT2D eigenvalue weighted by Crippen LogP contribution is -2.09. The van der Waals surface area contributed by atoms with Crippen LogP contribution in [-0.4, -0.2) is 68.5 Å². The molecule has 0 rings (SSSR count). The van der Waals surface area contributed by atoms with Crippen molar-refractivity contribution in [3.63, 3.8) is 0 Å². The van der Waals surface area contributed by atoms with Crippen molar-refractivity contribution in [2.45, 2.75) is 48.5 Å². The van der Waals surface area contributed by atoms with Gasteiger partial charge < -0.3 is 30.8 Å². The molecule has 0 saturated carbocycles. The van der Waals surface area contributed by atoms with E-state index in [1.165, 1.54) is 0 Å². The maximum absolute atomic E-state index is 9.00. The van der Waals surface area contributed by atoms with Crippen LogP contribution < -0.4 is 5.32 Å². The summed E-state index contributed by atoms with van der Waals surface area (Å²) in [5.74, 6) is -4.17. The molecule has 11 nitrogen and oxygen atoms in total. The Morgan fingerprint density at radius 1 is 0.520 bits per heavy atom. The van der Waals surface area contributed by atoms with Gasteiger partial charge in [0.25, 0.3) is 29.8 Å². The summed E-state index contributed by atoms with van der Waals surface area (Å²) in [4.78, 5) is 45.0. The quantitative estimate of drug-likeness (QED) is 0.404. The van der Waals surface area contributed by atoms with Crippen LogP contribution in [-0.2, 0) is 24.0 Å². The molecule has 0 fully saturated rings. The van der Waals surface area contributed by atoms with Crippen LogP contribution in [0.4, 0.5) is 0 Å². The van der Waals surface area contributed by atoms with Crippen LogP contribution in [0.15, 0.2) is 0 Å². The smallest absolute Gasteiger partial charge is 0.300 e. The molecule has 0 aromatic rings. The third-order valence-electron chi connectivity index (χ3n) is 0.500. The molecule has 0 aromatic carbocycles. The van der Waals surface area contributed by atoms with Gasteiger partial charge in [-0.15, -0.1) is 0 Å². The largest absolute Gasteiger partial charge is 0.481 e. The predicted octanol–water partition coefficient (Wildman–Crippen LogP) is 1.07. The normalized spacial score (nSPS) is 6.68. The first kappa shape index (κ1) is 38.1. The summed E-state index contributed by atoms with van der Waals surface area (Å²) in [5.41, 5.74) is 0. The summed E-state index contributed by atoms with van der Waals surface area (Å²) < 4.78 is 0. The third kappa shape index (κ3) is 16700. The Labute approximate surface area is 147 Å². The lowest BCUT2D eigenvalue weighted by atomic mass is 10.7. The lowest BCUT2D eigenvalue weighted by molar-refractivity contribution is -0.135. The average molecular weight is 373 g/mol. The molecule has 0 aliphatic carbocycles. The van der Waals surface area contributed by atoms with Gasteiger partial charge in [-0.05, 0) is 13.1 Å². The Hall–Kier alpha value is -2.69. The third-order valence-corrected chi connectivity index (χ3v) is 0.500. The zero-order valence-corrected chi connectivity index (χ0v) is 15.7. The molecule has 11 heteroatoms. The summed E-state index contributed by atoms with van der Waals surface area (Å²) in [6.45, 7) is 11.8. The number of carboxylic acids is 5. The van der Waals surface area contributed by atoms with E-state index in [1.807, 2.05) is 0 Å². The Kier molecular flexibility index (Phi) is 57.1. The topological polar surface area (TPSA) is 199 Å². The second-order valence-corrected chi connectivity index (χ2v) is 3.55. The SMILES string of the molecule is CC(=O)O.CC(=O)O.CC(=O)O.CC(=O)O.CC(=O)O.CCNCC. The molecule has 0 aliphatic heterocycles. The summed E-state index contributed by atoms with van der Waals surface area (Å²) in [6, 6.07) is 0. The van der Waals surface area contributed by atoms with Gasteiger partial charge in [0, 0.05) is 34.6 Å². The minimum atomic E-state index is -0.833. The molecule has 0 heterocycles. The molecule has 0 radical (unpaired) electrons. The van der Waals surface area contributed by atoms with E-state index in [1.54, 1.807) is 0 Å². The summed E-state index contributed by atoms with van der Waals surface area (Å²) in [5, 5.41) is 40.2. The van der Waals surface area contributed by atoms with Gasteiger partial charge >= 0.3 is 0 Å². The van der Waals surface area contributed by atoms with E-state index in [0.717, 1.165) is 47.7 Å². The van der Waals surface area contributed by atoms with Crippen molar-refractivity contribution in [1.82, 2.24) is 5.32 Å². The van der Waals surface area contributed by atoms with E-state index in [-0.39, 0.29) is 0 Å². The zero-order valence-electron chi connectivity index (χ0n) is 15.7. The molecule has 0 bridgehead atoms. The number of aliphatic carboxylic acids is 5. The van der Waals surface area contributed by atoms with E-state index in [2.05, 4.69) is 19.2 Å². The van der Waals surface area contributed by atoms with Crippen molar-refractivity contribution in [2.75, 3.05) is 13.1 Å². The maximum atomic E-state index is 9.00. The molecule has 0 saturated heterocycles. The Balaban J connectivity index is -0.0000000434. The molecule has 0 spiro atoms. The number of rotatable bonds is 2. The lowest BCUT2D eigenvalue weighted by Gasteiger charge is -1.86. The monoisotopic (exact) mass is 373 g/mol. The second-order valence-electron chi connectivity index (χ2n) is 3.55. The second kappa shape index (κ2) is 37.5. The molecule has 6 N–H and O–H groups in total. The van der Waals surface area contributed by atoms with Crippen LogP contribution in [0.25, 0.3) is 0 Å². The average Bonchev–Trinajstić information content (AvgIpc) is 2.25. The van der Waals surface area contributed by atoms with Gasteiger partial charge in [0.15, 0.2) is 0 Å².